The van der Waals surface area contributed by atoms with Crippen molar-refractivity contribution in [1.82, 2.24) is 9.97 Å². The lowest BCUT2D eigenvalue weighted by atomic mass is 9.78. The normalized spacial score (nSPS) is 14.3. The highest BCUT2D eigenvalue weighted by atomic mass is 32.1. The fourth-order valence-corrected chi connectivity index (χ4v) is 6.11. The third-order valence-corrected chi connectivity index (χ3v) is 7.99. The van der Waals surface area contributed by atoms with Gasteiger partial charge in [0.05, 0.1) is 26.8 Å². The van der Waals surface area contributed by atoms with Gasteiger partial charge in [-0.05, 0) is 81.0 Å². The number of fused-ring (bicyclic) bond motifs is 1. The summed E-state index contributed by atoms with van der Waals surface area (Å²) in [4.78, 5) is 22.9. The molecule has 0 aliphatic heterocycles. The van der Waals surface area contributed by atoms with Gasteiger partial charge in [0.15, 0.2) is 5.78 Å². The van der Waals surface area contributed by atoms with Gasteiger partial charge in [-0.25, -0.2) is 9.97 Å². The summed E-state index contributed by atoms with van der Waals surface area (Å²) < 4.78 is 0. The van der Waals surface area contributed by atoms with Gasteiger partial charge in [0.1, 0.15) is 0 Å². The zero-order valence-electron chi connectivity index (χ0n) is 19.9. The van der Waals surface area contributed by atoms with Gasteiger partial charge in [-0.2, -0.15) is 0 Å². The molecule has 1 aliphatic rings. The van der Waals surface area contributed by atoms with Gasteiger partial charge in [0.2, 0.25) is 0 Å². The Morgan fingerprint density at radius 3 is 2.50 bits per heavy atom. The highest BCUT2D eigenvalue weighted by molar-refractivity contribution is 7.15. The first kappa shape index (κ1) is 22.5. The van der Waals surface area contributed by atoms with Crippen LogP contribution in [-0.4, -0.2) is 15.8 Å². The summed E-state index contributed by atoms with van der Waals surface area (Å²) in [6.07, 6.45) is 12.0. The zero-order chi connectivity index (χ0) is 23.8. The average Bonchev–Trinajstić information content (AvgIpc) is 3.20. The number of carbonyl (C=O) groups excluding carboxylic acids is 1. The molecule has 4 aromatic rings. The maximum Gasteiger partial charge on any atom is 0.159 e. The van der Waals surface area contributed by atoms with E-state index in [0.717, 1.165) is 61.7 Å². The molecule has 0 unspecified atom stereocenters. The molecule has 4 heteroatoms. The predicted octanol–water partition coefficient (Wildman–Crippen LogP) is 7.87. The van der Waals surface area contributed by atoms with Gasteiger partial charge in [-0.3, -0.25) is 4.79 Å². The number of thiazole rings is 1. The third kappa shape index (κ3) is 4.17. The van der Waals surface area contributed by atoms with Crippen LogP contribution < -0.4 is 0 Å². The van der Waals surface area contributed by atoms with Crippen LogP contribution in [0.15, 0.2) is 42.5 Å². The molecule has 170 valence electrons. The molecule has 0 radical (unpaired) electrons. The number of pyridine rings is 1. The number of ketones is 1. The molecule has 3 nitrogen and oxygen atoms in total. The summed E-state index contributed by atoms with van der Waals surface area (Å²) in [6.45, 7) is 5.68. The van der Waals surface area contributed by atoms with Gasteiger partial charge in [-0.15, -0.1) is 17.8 Å². The van der Waals surface area contributed by atoms with Crippen LogP contribution in [0.25, 0.3) is 32.6 Å². The van der Waals surface area contributed by atoms with Crippen molar-refractivity contribution in [1.29, 1.82) is 0 Å². The second kappa shape index (κ2) is 9.16. The second-order valence-electron chi connectivity index (χ2n) is 9.27. The monoisotopic (exact) mass is 464 g/mol. The Morgan fingerprint density at radius 1 is 1.03 bits per heavy atom. The van der Waals surface area contributed by atoms with E-state index in [1.54, 1.807) is 18.3 Å². The van der Waals surface area contributed by atoms with Gasteiger partial charge in [-0.1, -0.05) is 37.3 Å². The van der Waals surface area contributed by atoms with Crippen LogP contribution >= 0.6 is 11.3 Å². The summed E-state index contributed by atoms with van der Waals surface area (Å²) in [5, 5.41) is 2.13. The van der Waals surface area contributed by atoms with Crippen LogP contribution in [0.5, 0.6) is 0 Å². The first-order valence-corrected chi connectivity index (χ1v) is 12.8. The summed E-state index contributed by atoms with van der Waals surface area (Å²) in [7, 11) is 0. The topological polar surface area (TPSA) is 42.9 Å². The zero-order valence-corrected chi connectivity index (χ0v) is 20.8. The average molecular weight is 465 g/mol. The number of aryl methyl sites for hydroxylation is 2. The standard InChI is InChI=1S/C30H28N2OS/c1-5-21-15-25(19(3)33)17-26(22-9-7-6-8-10-22)29(21)24-12-13-27-23(16-24)11-14-28(32-27)30-18(2)31-20(4)34-30/h1,11-17,22H,6-10H2,2-4H3. The number of hydrogen-bond acceptors (Lipinski definition) is 4. The summed E-state index contributed by atoms with van der Waals surface area (Å²) in [6, 6.07) is 14.6. The van der Waals surface area contributed by atoms with E-state index in [9.17, 15) is 4.79 Å². The molecule has 2 aromatic carbocycles. The molecular weight excluding hydrogens is 436 g/mol. The van der Waals surface area contributed by atoms with Gasteiger partial charge < -0.3 is 0 Å². The van der Waals surface area contributed by atoms with Gasteiger partial charge in [0.25, 0.3) is 0 Å². The van der Waals surface area contributed by atoms with E-state index in [2.05, 4.69) is 47.3 Å². The van der Waals surface area contributed by atoms with Crippen LogP contribution in [0.3, 0.4) is 0 Å². The highest BCUT2D eigenvalue weighted by Gasteiger charge is 2.23. The first-order valence-electron chi connectivity index (χ1n) is 12.0. The van der Waals surface area contributed by atoms with Gasteiger partial charge >= 0.3 is 0 Å². The lowest BCUT2D eigenvalue weighted by Gasteiger charge is -2.26. The van der Waals surface area contributed by atoms with Crippen molar-refractivity contribution in [3.05, 3.63) is 69.9 Å². The molecule has 0 saturated heterocycles. The predicted molar refractivity (Wildman–Crippen MR) is 142 cm³/mol. The number of nitrogens with zero attached hydrogens (tertiary/aromatic N) is 2. The van der Waals surface area contributed by atoms with E-state index in [1.807, 2.05) is 19.9 Å². The molecule has 0 atom stereocenters. The third-order valence-electron chi connectivity index (χ3n) is 6.89. The molecule has 5 rings (SSSR count). The van der Waals surface area contributed by atoms with Crippen molar-refractivity contribution in [3.63, 3.8) is 0 Å². The molecule has 1 fully saturated rings. The smallest absolute Gasteiger partial charge is 0.159 e. The number of Topliss-reactive ketones (excluding diaryl/α,β-unsaturated/α-hetero) is 1. The Balaban J connectivity index is 1.65. The van der Waals surface area contributed by atoms with Crippen molar-refractivity contribution in [2.24, 2.45) is 0 Å². The van der Waals surface area contributed by atoms with Crippen LogP contribution in [0.1, 0.15) is 77.1 Å². The van der Waals surface area contributed by atoms with Crippen LogP contribution in [0, 0.1) is 26.2 Å². The van der Waals surface area contributed by atoms with E-state index >= 15 is 0 Å². The molecule has 0 amide bonds. The molecule has 34 heavy (non-hydrogen) atoms. The van der Waals surface area contributed by atoms with Crippen LogP contribution in [0.2, 0.25) is 0 Å². The number of terminal acetylenes is 1. The summed E-state index contributed by atoms with van der Waals surface area (Å²) >= 11 is 1.68. The van der Waals surface area contributed by atoms with Crippen molar-refractivity contribution in [3.8, 4) is 34.0 Å². The largest absolute Gasteiger partial charge is 0.295 e. The quantitative estimate of drug-likeness (QED) is 0.228. The Morgan fingerprint density at radius 2 is 1.82 bits per heavy atom. The minimum atomic E-state index is 0.0592. The Kier molecular flexibility index (Phi) is 6.06. The highest BCUT2D eigenvalue weighted by Crippen LogP contribution is 2.41. The molecule has 2 heterocycles. The molecule has 1 aliphatic carbocycles. The molecule has 0 N–H and O–H groups in total. The number of hydrogen-bond donors (Lipinski definition) is 0. The number of rotatable bonds is 4. The maximum atomic E-state index is 12.3. The van der Waals surface area contributed by atoms with E-state index in [-0.39, 0.29) is 5.78 Å². The van der Waals surface area contributed by atoms with E-state index in [0.29, 0.717) is 11.5 Å². The number of benzene rings is 2. The second-order valence-corrected chi connectivity index (χ2v) is 10.5. The van der Waals surface area contributed by atoms with Gasteiger partial charge in [0, 0.05) is 22.1 Å². The SMILES string of the molecule is C#Cc1cc(C(C)=O)cc(C2CCCCC2)c1-c1ccc2nc(-c3sc(C)nc3C)ccc2c1. The molecular formula is C30H28N2OS. The molecule has 1 saturated carbocycles. The lowest BCUT2D eigenvalue weighted by Crippen LogP contribution is -2.09. The lowest BCUT2D eigenvalue weighted by molar-refractivity contribution is 0.101. The van der Waals surface area contributed by atoms with E-state index in [4.69, 9.17) is 11.4 Å². The van der Waals surface area contributed by atoms with E-state index < -0.39 is 0 Å². The Bertz CT molecular complexity index is 1450. The van der Waals surface area contributed by atoms with Crippen molar-refractivity contribution >= 4 is 28.0 Å². The Labute approximate surface area is 205 Å². The van der Waals surface area contributed by atoms with Crippen LogP contribution in [-0.2, 0) is 0 Å². The Hall–Kier alpha value is -3.29. The minimum absolute atomic E-state index is 0.0592. The fourth-order valence-electron chi connectivity index (χ4n) is 5.22. The molecule has 2 aromatic heterocycles. The van der Waals surface area contributed by atoms with Crippen molar-refractivity contribution in [2.45, 2.75) is 58.8 Å². The minimum Gasteiger partial charge on any atom is -0.295 e. The fraction of sp³-hybridized carbons (Fsp3) is 0.300. The van der Waals surface area contributed by atoms with Crippen molar-refractivity contribution < 1.29 is 4.79 Å². The summed E-state index contributed by atoms with van der Waals surface area (Å²) in [5.41, 5.74) is 7.85. The van der Waals surface area contributed by atoms with E-state index in [1.165, 1.54) is 24.8 Å². The van der Waals surface area contributed by atoms with Crippen LogP contribution in [0.4, 0.5) is 0 Å². The maximum absolute atomic E-state index is 12.3. The molecule has 0 bridgehead atoms. The first-order chi connectivity index (χ1) is 16.4. The van der Waals surface area contributed by atoms with Crippen molar-refractivity contribution in [2.75, 3.05) is 0 Å². The number of carbonyl (C=O) groups is 1. The molecule has 0 spiro atoms. The summed E-state index contributed by atoms with van der Waals surface area (Å²) in [5.74, 6) is 3.38. The number of aromatic nitrogens is 2.